The van der Waals surface area contributed by atoms with E-state index in [1.54, 1.807) is 0 Å². The van der Waals surface area contributed by atoms with Gasteiger partial charge in [-0.25, -0.2) is 4.39 Å². The van der Waals surface area contributed by atoms with Crippen LogP contribution in [0.5, 0.6) is 0 Å². The van der Waals surface area contributed by atoms with Crippen molar-refractivity contribution in [2.24, 2.45) is 35.5 Å². The van der Waals surface area contributed by atoms with E-state index in [9.17, 15) is 18.8 Å². The van der Waals surface area contributed by atoms with Gasteiger partial charge in [0.1, 0.15) is 12.5 Å². The van der Waals surface area contributed by atoms with Crippen LogP contribution in [0.15, 0.2) is 36.4 Å². The van der Waals surface area contributed by atoms with Crippen LogP contribution in [0, 0.1) is 41.3 Å². The summed E-state index contributed by atoms with van der Waals surface area (Å²) < 4.78 is 13.2. The summed E-state index contributed by atoms with van der Waals surface area (Å²) in [5.74, 6) is -0.175. The first-order chi connectivity index (χ1) is 12.5. The molecule has 6 rings (SSSR count). The topological polar surface area (TPSA) is 57.7 Å². The molecule has 0 unspecified atom stereocenters. The smallest absolute Gasteiger partial charge is 0.235 e. The van der Waals surface area contributed by atoms with Crippen molar-refractivity contribution in [1.82, 2.24) is 4.90 Å². The van der Waals surface area contributed by atoms with Crippen LogP contribution in [-0.4, -0.2) is 29.3 Å². The van der Waals surface area contributed by atoms with Crippen molar-refractivity contribution in [2.45, 2.75) is 13.3 Å². The number of likely N-dealkylation sites (tertiary alicyclic amines) is 1. The Morgan fingerprint density at radius 2 is 1.62 bits per heavy atom. The number of hydrogen-bond acceptors (Lipinski definition) is 3. The minimum atomic E-state index is -0.404. The second-order valence-corrected chi connectivity index (χ2v) is 7.82. The van der Waals surface area contributed by atoms with Crippen molar-refractivity contribution in [3.8, 4) is 0 Å². The molecule has 26 heavy (non-hydrogen) atoms. The minimum absolute atomic E-state index is 0.111. The van der Waals surface area contributed by atoms with Gasteiger partial charge in [0.05, 0.1) is 11.8 Å². The Bertz CT molecular complexity index is 813. The number of anilines is 1. The Labute approximate surface area is 150 Å². The van der Waals surface area contributed by atoms with E-state index in [2.05, 4.69) is 12.2 Å². The number of hydrogen-bond donors (Lipinski definition) is 0. The Morgan fingerprint density at radius 1 is 1.08 bits per heavy atom. The normalized spacial score (nSPS) is 36.2. The van der Waals surface area contributed by atoms with E-state index in [1.807, 2.05) is 0 Å². The van der Waals surface area contributed by atoms with Gasteiger partial charge in [0.2, 0.25) is 17.7 Å². The molecule has 0 N–H and O–H groups in total. The molecule has 6 atom stereocenters. The van der Waals surface area contributed by atoms with Crippen LogP contribution in [0.2, 0.25) is 0 Å². The lowest BCUT2D eigenvalue weighted by atomic mass is 9.63. The second kappa shape index (κ2) is 5.25. The highest BCUT2D eigenvalue weighted by Crippen LogP contribution is 2.65. The molecule has 5 aliphatic rings. The molecule has 134 valence electrons. The van der Waals surface area contributed by atoms with Crippen LogP contribution in [-0.2, 0) is 14.4 Å². The second-order valence-electron chi connectivity index (χ2n) is 7.82. The van der Waals surface area contributed by atoms with Gasteiger partial charge in [-0.3, -0.25) is 24.2 Å². The van der Waals surface area contributed by atoms with Gasteiger partial charge in [0, 0.05) is 12.6 Å². The zero-order valence-electron chi connectivity index (χ0n) is 14.3. The van der Waals surface area contributed by atoms with Gasteiger partial charge < -0.3 is 0 Å². The summed E-state index contributed by atoms with van der Waals surface area (Å²) in [6.07, 6.45) is 5.36. The minimum Gasteiger partial charge on any atom is -0.294 e. The number of carbonyl (C=O) groups excluding carboxylic acids is 3. The maximum Gasteiger partial charge on any atom is 0.235 e. The SMILES string of the molecule is CC(=O)N(CN1C(=O)[C@@H]2[C@@H]3C=C[C@H]([C@H]4C[C@H]34)[C@@H]2C1=O)c1ccc(F)cc1. The van der Waals surface area contributed by atoms with E-state index < -0.39 is 5.82 Å². The number of rotatable bonds is 3. The highest BCUT2D eigenvalue weighted by Gasteiger charge is 2.67. The molecule has 1 saturated heterocycles. The highest BCUT2D eigenvalue weighted by atomic mass is 19.1. The molecule has 3 fully saturated rings. The number of benzene rings is 1. The molecule has 1 heterocycles. The van der Waals surface area contributed by atoms with Crippen LogP contribution in [0.25, 0.3) is 0 Å². The summed E-state index contributed by atoms with van der Waals surface area (Å²) in [5.41, 5.74) is 0.471. The summed E-state index contributed by atoms with van der Waals surface area (Å²) in [5, 5.41) is 0. The van der Waals surface area contributed by atoms with Crippen LogP contribution in [0.3, 0.4) is 0 Å². The molecule has 0 spiro atoms. The maximum absolute atomic E-state index is 13.2. The third-order valence-electron chi connectivity index (χ3n) is 6.56. The highest BCUT2D eigenvalue weighted by molar-refractivity contribution is 6.07. The number of nitrogens with zero attached hydrogens (tertiary/aromatic N) is 2. The number of carbonyl (C=O) groups is 3. The zero-order valence-corrected chi connectivity index (χ0v) is 14.3. The fraction of sp³-hybridized carbons (Fsp3) is 0.450. The van der Waals surface area contributed by atoms with Crippen molar-refractivity contribution in [1.29, 1.82) is 0 Å². The van der Waals surface area contributed by atoms with Gasteiger partial charge in [-0.1, -0.05) is 12.2 Å². The molecule has 2 saturated carbocycles. The van der Waals surface area contributed by atoms with Gasteiger partial charge in [-0.15, -0.1) is 0 Å². The third kappa shape index (κ3) is 2.04. The van der Waals surface area contributed by atoms with E-state index in [0.717, 1.165) is 6.42 Å². The summed E-state index contributed by atoms with van der Waals surface area (Å²) >= 11 is 0. The Hall–Kier alpha value is -2.50. The zero-order chi connectivity index (χ0) is 18.2. The summed E-state index contributed by atoms with van der Waals surface area (Å²) in [6, 6.07) is 5.48. The number of allylic oxidation sites excluding steroid dienone is 2. The van der Waals surface area contributed by atoms with E-state index in [4.69, 9.17) is 0 Å². The first kappa shape index (κ1) is 15.7. The molecule has 0 radical (unpaired) electrons. The van der Waals surface area contributed by atoms with Crippen LogP contribution >= 0.6 is 0 Å². The summed E-state index contributed by atoms with van der Waals surface area (Å²) in [7, 11) is 0. The number of amides is 3. The van der Waals surface area contributed by atoms with Crippen molar-refractivity contribution in [3.63, 3.8) is 0 Å². The maximum atomic E-state index is 13.2. The summed E-state index contributed by atoms with van der Waals surface area (Å²) in [4.78, 5) is 40.7. The van der Waals surface area contributed by atoms with E-state index in [1.165, 1.54) is 41.0 Å². The fourth-order valence-electron chi connectivity index (χ4n) is 5.28. The molecule has 1 aliphatic heterocycles. The molecule has 4 aliphatic carbocycles. The Balaban J connectivity index is 1.44. The fourth-order valence-corrected chi connectivity index (χ4v) is 5.28. The van der Waals surface area contributed by atoms with Gasteiger partial charge in [-0.05, 0) is 54.4 Å². The molecule has 1 aromatic rings. The predicted molar refractivity (Wildman–Crippen MR) is 91.0 cm³/mol. The lowest BCUT2D eigenvalue weighted by Gasteiger charge is -2.37. The Kier molecular flexibility index (Phi) is 3.18. The summed E-state index contributed by atoms with van der Waals surface area (Å²) in [6.45, 7) is 1.27. The van der Waals surface area contributed by atoms with Gasteiger partial charge in [0.25, 0.3) is 0 Å². The largest absolute Gasteiger partial charge is 0.294 e. The number of imide groups is 1. The van der Waals surface area contributed by atoms with Gasteiger partial charge in [0.15, 0.2) is 0 Å². The first-order valence-electron chi connectivity index (χ1n) is 9.04. The van der Waals surface area contributed by atoms with Crippen LogP contribution in [0.1, 0.15) is 13.3 Å². The monoisotopic (exact) mass is 354 g/mol. The molecule has 3 amide bonds. The van der Waals surface area contributed by atoms with Crippen LogP contribution < -0.4 is 4.90 Å². The van der Waals surface area contributed by atoms with Gasteiger partial charge >= 0.3 is 0 Å². The lowest BCUT2D eigenvalue weighted by molar-refractivity contribution is -0.140. The molecule has 5 nitrogen and oxygen atoms in total. The average Bonchev–Trinajstić information content (AvgIpc) is 3.40. The van der Waals surface area contributed by atoms with Crippen molar-refractivity contribution in [2.75, 3.05) is 11.6 Å². The number of halogens is 1. The molecular weight excluding hydrogens is 335 g/mol. The molecule has 6 heteroatoms. The molecule has 1 aromatic carbocycles. The average molecular weight is 354 g/mol. The van der Waals surface area contributed by atoms with Crippen LogP contribution in [0.4, 0.5) is 10.1 Å². The van der Waals surface area contributed by atoms with E-state index >= 15 is 0 Å². The van der Waals surface area contributed by atoms with Gasteiger partial charge in [-0.2, -0.15) is 0 Å². The molecule has 0 aromatic heterocycles. The molecular formula is C20H19FN2O3. The first-order valence-corrected chi connectivity index (χ1v) is 9.04. The predicted octanol–water partition coefficient (Wildman–Crippen LogP) is 2.19. The lowest BCUT2D eigenvalue weighted by Crippen LogP contribution is -2.44. The Morgan fingerprint density at radius 3 is 2.12 bits per heavy atom. The standard InChI is InChI=1S/C20H19FN2O3/c1-10(24)22(12-4-2-11(21)3-5-12)9-23-19(25)17-13-6-7-14(16-8-15(13)16)18(17)20(23)26/h2-7,13-18H,8-9H2,1H3/t13-,14-,15-,16-,17-,18+/m1/s1. The van der Waals surface area contributed by atoms with Crippen molar-refractivity contribution < 1.29 is 18.8 Å². The quantitative estimate of drug-likeness (QED) is 0.618. The molecule has 2 bridgehead atoms. The van der Waals surface area contributed by atoms with E-state index in [0.29, 0.717) is 17.5 Å². The van der Waals surface area contributed by atoms with Crippen molar-refractivity contribution >= 4 is 23.4 Å². The van der Waals surface area contributed by atoms with E-state index in [-0.39, 0.29) is 48.1 Å². The third-order valence-corrected chi connectivity index (χ3v) is 6.56. The van der Waals surface area contributed by atoms with Crippen molar-refractivity contribution in [3.05, 3.63) is 42.2 Å².